The molecule has 1 rings (SSSR count). The molecule has 0 saturated heterocycles. The average Bonchev–Trinajstić information content (AvgIpc) is 2.17. The molecule has 13 heavy (non-hydrogen) atoms. The molecular weight excluding hydrogens is 162 g/mol. The normalized spacial score (nSPS) is 12.6. The van der Waals surface area contributed by atoms with E-state index in [1.807, 2.05) is 31.4 Å². The highest BCUT2D eigenvalue weighted by Gasteiger charge is 2.05. The molecule has 1 unspecified atom stereocenters. The molecule has 0 spiro atoms. The zero-order valence-corrected chi connectivity index (χ0v) is 8.78. The zero-order chi connectivity index (χ0) is 9.84. The van der Waals surface area contributed by atoms with Gasteiger partial charge in [-0.15, -0.1) is 0 Å². The Morgan fingerprint density at radius 1 is 1.31 bits per heavy atom. The van der Waals surface area contributed by atoms with E-state index in [0.717, 1.165) is 17.9 Å². The van der Waals surface area contributed by atoms with Crippen molar-refractivity contribution in [3.05, 3.63) is 18.1 Å². The Labute approximate surface area is 79.8 Å². The number of hydrogen-bond acceptors (Lipinski definition) is 3. The predicted octanol–water partition coefficient (Wildman–Crippen LogP) is 2.06. The first-order valence-electron chi connectivity index (χ1n) is 4.64. The van der Waals surface area contributed by atoms with E-state index in [0.29, 0.717) is 5.92 Å². The van der Waals surface area contributed by atoms with Crippen LogP contribution in [0.1, 0.15) is 31.9 Å². The van der Waals surface area contributed by atoms with Crippen LogP contribution in [0, 0.1) is 0 Å². The summed E-state index contributed by atoms with van der Waals surface area (Å²) in [6, 6.07) is 0. The van der Waals surface area contributed by atoms with Gasteiger partial charge < -0.3 is 4.90 Å². The molecule has 3 heteroatoms. The van der Waals surface area contributed by atoms with Crippen molar-refractivity contribution in [3.63, 3.8) is 0 Å². The molecule has 0 saturated carbocycles. The Hall–Kier alpha value is -1.12. The second kappa shape index (κ2) is 4.21. The average molecular weight is 179 g/mol. The predicted molar refractivity (Wildman–Crippen MR) is 55.1 cm³/mol. The lowest BCUT2D eigenvalue weighted by molar-refractivity contribution is 0.702. The largest absolute Gasteiger partial charge is 0.361 e. The fraction of sp³-hybridized carbons (Fsp3) is 0.600. The number of hydrogen-bond donors (Lipinski definition) is 0. The van der Waals surface area contributed by atoms with Crippen molar-refractivity contribution >= 4 is 5.82 Å². The highest BCUT2D eigenvalue weighted by atomic mass is 15.1. The Morgan fingerprint density at radius 2 is 2.00 bits per heavy atom. The minimum Gasteiger partial charge on any atom is -0.361 e. The summed E-state index contributed by atoms with van der Waals surface area (Å²) in [7, 11) is 3.93. The maximum Gasteiger partial charge on any atom is 0.146 e. The molecular formula is C10H17N3. The third kappa shape index (κ3) is 2.41. The monoisotopic (exact) mass is 179 g/mol. The van der Waals surface area contributed by atoms with E-state index in [1.54, 1.807) is 0 Å². The van der Waals surface area contributed by atoms with Gasteiger partial charge in [0.25, 0.3) is 0 Å². The third-order valence-electron chi connectivity index (χ3n) is 2.23. The van der Waals surface area contributed by atoms with Gasteiger partial charge in [-0.3, -0.25) is 4.98 Å². The molecule has 0 N–H and O–H groups in total. The van der Waals surface area contributed by atoms with Crippen LogP contribution in [0.4, 0.5) is 5.82 Å². The van der Waals surface area contributed by atoms with Crippen molar-refractivity contribution < 1.29 is 0 Å². The third-order valence-corrected chi connectivity index (χ3v) is 2.23. The lowest BCUT2D eigenvalue weighted by Gasteiger charge is -2.12. The van der Waals surface area contributed by atoms with E-state index in [2.05, 4.69) is 23.8 Å². The van der Waals surface area contributed by atoms with Crippen molar-refractivity contribution in [2.75, 3.05) is 19.0 Å². The van der Waals surface area contributed by atoms with Gasteiger partial charge in [0, 0.05) is 14.1 Å². The quantitative estimate of drug-likeness (QED) is 0.711. The molecule has 0 radical (unpaired) electrons. The minimum atomic E-state index is 0.503. The summed E-state index contributed by atoms with van der Waals surface area (Å²) in [6.07, 6.45) is 4.79. The fourth-order valence-corrected chi connectivity index (χ4v) is 1.03. The van der Waals surface area contributed by atoms with Gasteiger partial charge >= 0.3 is 0 Å². The number of aromatic nitrogens is 2. The highest BCUT2D eigenvalue weighted by Crippen LogP contribution is 2.16. The molecule has 0 aromatic carbocycles. The summed E-state index contributed by atoms with van der Waals surface area (Å²) in [5, 5.41) is 0. The lowest BCUT2D eigenvalue weighted by Crippen LogP contribution is -2.11. The second-order valence-electron chi connectivity index (χ2n) is 3.50. The molecule has 0 aliphatic heterocycles. The summed E-state index contributed by atoms with van der Waals surface area (Å²) in [5.74, 6) is 1.41. The first kappa shape index (κ1) is 9.96. The first-order chi connectivity index (χ1) is 6.15. The van der Waals surface area contributed by atoms with Crippen LogP contribution in [0.2, 0.25) is 0 Å². The van der Waals surface area contributed by atoms with E-state index in [9.17, 15) is 0 Å². The van der Waals surface area contributed by atoms with Gasteiger partial charge in [0.2, 0.25) is 0 Å². The molecule has 72 valence electrons. The Kier molecular flexibility index (Phi) is 3.23. The lowest BCUT2D eigenvalue weighted by atomic mass is 10.1. The standard InChI is InChI=1S/C10H17N3/c1-5-8(2)9-6-12-10(7-11-9)13(3)4/h6-8H,5H2,1-4H3. The smallest absolute Gasteiger partial charge is 0.146 e. The van der Waals surface area contributed by atoms with Crippen molar-refractivity contribution in [2.45, 2.75) is 26.2 Å². The van der Waals surface area contributed by atoms with E-state index < -0.39 is 0 Å². The van der Waals surface area contributed by atoms with Crippen LogP contribution in [-0.2, 0) is 0 Å². The molecule has 1 atom stereocenters. The Morgan fingerprint density at radius 3 is 2.38 bits per heavy atom. The molecule has 0 bridgehead atoms. The van der Waals surface area contributed by atoms with Gasteiger partial charge in [0.1, 0.15) is 5.82 Å². The van der Waals surface area contributed by atoms with Crippen molar-refractivity contribution in [1.29, 1.82) is 0 Å². The maximum atomic E-state index is 4.37. The van der Waals surface area contributed by atoms with Gasteiger partial charge in [-0.1, -0.05) is 13.8 Å². The van der Waals surface area contributed by atoms with Crippen LogP contribution in [0.15, 0.2) is 12.4 Å². The van der Waals surface area contributed by atoms with Crippen LogP contribution in [-0.4, -0.2) is 24.1 Å². The van der Waals surface area contributed by atoms with Gasteiger partial charge in [0.15, 0.2) is 0 Å². The van der Waals surface area contributed by atoms with Gasteiger partial charge in [-0.2, -0.15) is 0 Å². The summed E-state index contributed by atoms with van der Waals surface area (Å²) in [6.45, 7) is 4.32. The molecule has 1 heterocycles. The second-order valence-corrected chi connectivity index (χ2v) is 3.50. The molecule has 0 fully saturated rings. The summed E-state index contributed by atoms with van der Waals surface area (Å²) < 4.78 is 0. The van der Waals surface area contributed by atoms with Gasteiger partial charge in [-0.05, 0) is 12.3 Å². The summed E-state index contributed by atoms with van der Waals surface area (Å²) >= 11 is 0. The number of anilines is 1. The van der Waals surface area contributed by atoms with E-state index >= 15 is 0 Å². The van der Waals surface area contributed by atoms with E-state index in [-0.39, 0.29) is 0 Å². The fourth-order valence-electron chi connectivity index (χ4n) is 1.03. The van der Waals surface area contributed by atoms with Crippen molar-refractivity contribution in [3.8, 4) is 0 Å². The van der Waals surface area contributed by atoms with Gasteiger partial charge in [-0.25, -0.2) is 4.98 Å². The number of nitrogens with zero attached hydrogens (tertiary/aromatic N) is 3. The molecule has 0 aliphatic rings. The van der Waals surface area contributed by atoms with Crippen LogP contribution < -0.4 is 4.90 Å². The SMILES string of the molecule is CCC(C)c1cnc(N(C)C)cn1. The minimum absolute atomic E-state index is 0.503. The van der Waals surface area contributed by atoms with Crippen molar-refractivity contribution in [1.82, 2.24) is 9.97 Å². The van der Waals surface area contributed by atoms with Crippen LogP contribution >= 0.6 is 0 Å². The highest BCUT2D eigenvalue weighted by molar-refractivity contribution is 5.33. The Balaban J connectivity index is 2.81. The Bertz CT molecular complexity index is 253. The molecule has 1 aromatic heterocycles. The summed E-state index contributed by atoms with van der Waals surface area (Å²) in [4.78, 5) is 10.6. The van der Waals surface area contributed by atoms with Gasteiger partial charge in [0.05, 0.1) is 18.1 Å². The molecule has 1 aromatic rings. The molecule has 3 nitrogen and oxygen atoms in total. The number of rotatable bonds is 3. The van der Waals surface area contributed by atoms with Crippen LogP contribution in [0.3, 0.4) is 0 Å². The molecule has 0 amide bonds. The zero-order valence-electron chi connectivity index (χ0n) is 8.78. The van der Waals surface area contributed by atoms with Crippen LogP contribution in [0.5, 0.6) is 0 Å². The first-order valence-corrected chi connectivity index (χ1v) is 4.64. The summed E-state index contributed by atoms with van der Waals surface area (Å²) in [5.41, 5.74) is 1.08. The van der Waals surface area contributed by atoms with Crippen LogP contribution in [0.25, 0.3) is 0 Å². The van der Waals surface area contributed by atoms with Crippen molar-refractivity contribution in [2.24, 2.45) is 0 Å². The topological polar surface area (TPSA) is 29.0 Å². The van der Waals surface area contributed by atoms with E-state index in [4.69, 9.17) is 0 Å². The maximum absolute atomic E-state index is 4.37. The van der Waals surface area contributed by atoms with E-state index in [1.165, 1.54) is 0 Å². The molecule has 0 aliphatic carbocycles.